The van der Waals surface area contributed by atoms with Gasteiger partial charge in [-0.15, -0.1) is 5.10 Å². The summed E-state index contributed by atoms with van der Waals surface area (Å²) in [5.41, 5.74) is 2.32. The van der Waals surface area contributed by atoms with Crippen LogP contribution in [0.2, 0.25) is 0 Å². The molecule has 0 N–H and O–H groups in total. The lowest BCUT2D eigenvalue weighted by atomic mass is 10.1. The maximum absolute atomic E-state index is 13.3. The fraction of sp³-hybridized carbons (Fsp3) is 0.417. The van der Waals surface area contributed by atoms with Gasteiger partial charge < -0.3 is 9.64 Å². The van der Waals surface area contributed by atoms with E-state index in [9.17, 15) is 13.0 Å². The van der Waals surface area contributed by atoms with E-state index in [0.29, 0.717) is 23.8 Å². The van der Waals surface area contributed by atoms with Gasteiger partial charge in [-0.2, -0.15) is 5.10 Å². The molecule has 1 saturated heterocycles. The molecule has 0 amide bonds. The van der Waals surface area contributed by atoms with Crippen molar-refractivity contribution in [1.82, 2.24) is 4.90 Å². The first-order valence-electron chi connectivity index (χ1n) is 10.9. The smallest absolute Gasteiger partial charge is 0.272 e. The second-order valence-electron chi connectivity index (χ2n) is 8.04. The molecule has 2 aromatic carbocycles. The molecule has 1 aliphatic heterocycles. The molecule has 0 aliphatic carbocycles. The van der Waals surface area contributed by atoms with Crippen LogP contribution in [-0.4, -0.2) is 60.1 Å². The van der Waals surface area contributed by atoms with Crippen molar-refractivity contribution in [2.24, 2.45) is 16.1 Å². The number of halogens is 2. The fourth-order valence-corrected chi connectivity index (χ4v) is 5.00. The zero-order valence-corrected chi connectivity index (χ0v) is 19.6. The summed E-state index contributed by atoms with van der Waals surface area (Å²) in [6.07, 6.45) is -1.42. The van der Waals surface area contributed by atoms with Crippen LogP contribution in [-0.2, 0) is 22.3 Å². The molecule has 2 aromatic rings. The van der Waals surface area contributed by atoms with Crippen LogP contribution in [0.3, 0.4) is 0 Å². The quantitative estimate of drug-likeness (QED) is 0.275. The van der Waals surface area contributed by atoms with Crippen molar-refractivity contribution in [3.05, 3.63) is 65.7 Å². The van der Waals surface area contributed by atoms with E-state index in [2.05, 4.69) is 28.7 Å². The van der Waals surface area contributed by atoms with Gasteiger partial charge in [-0.05, 0) is 48.7 Å². The standard InChI is InChI=1S/C24H30F2N4O2S/c1-19-12-13-29(16-19)14-15-33(31)30(22-6-4-3-5-7-22)17-20-8-10-21(11-9-20)24(28-27-2)32-18-23(25)26/h3-11,19,23H,2,12-18H2,1H3/b28-24-/t19-,33?/m1/s1. The molecule has 0 bridgehead atoms. The van der Waals surface area contributed by atoms with Gasteiger partial charge in [0, 0.05) is 31.1 Å². The largest absolute Gasteiger partial charge is 0.470 e. The minimum absolute atomic E-state index is 0.0137. The van der Waals surface area contributed by atoms with Gasteiger partial charge in [0.15, 0.2) is 6.61 Å². The molecule has 1 heterocycles. The predicted octanol–water partition coefficient (Wildman–Crippen LogP) is 4.34. The summed E-state index contributed by atoms with van der Waals surface area (Å²) in [6.45, 7) is 8.10. The molecule has 0 saturated carbocycles. The summed E-state index contributed by atoms with van der Waals surface area (Å²) < 4.78 is 45.2. The van der Waals surface area contributed by atoms with Gasteiger partial charge in [-0.25, -0.2) is 13.0 Å². The highest BCUT2D eigenvalue weighted by molar-refractivity contribution is 7.86. The van der Waals surface area contributed by atoms with Crippen LogP contribution in [0.4, 0.5) is 14.5 Å². The van der Waals surface area contributed by atoms with Gasteiger partial charge in [0.05, 0.1) is 12.3 Å². The topological polar surface area (TPSA) is 57.5 Å². The van der Waals surface area contributed by atoms with E-state index in [4.69, 9.17) is 4.74 Å². The molecule has 9 heteroatoms. The second kappa shape index (κ2) is 12.6. The van der Waals surface area contributed by atoms with Crippen LogP contribution in [0.25, 0.3) is 0 Å². The van der Waals surface area contributed by atoms with Crippen LogP contribution in [0.5, 0.6) is 0 Å². The summed E-state index contributed by atoms with van der Waals surface area (Å²) in [7, 11) is -1.21. The van der Waals surface area contributed by atoms with Crippen LogP contribution < -0.4 is 4.31 Å². The number of hydrogen-bond donors (Lipinski definition) is 0. The van der Waals surface area contributed by atoms with E-state index < -0.39 is 24.0 Å². The average Bonchev–Trinajstić information content (AvgIpc) is 3.24. The summed E-state index contributed by atoms with van der Waals surface area (Å²) in [5, 5.41) is 7.11. The van der Waals surface area contributed by atoms with Gasteiger partial charge >= 0.3 is 0 Å². The molecule has 0 spiro atoms. The monoisotopic (exact) mass is 476 g/mol. The molecule has 33 heavy (non-hydrogen) atoms. The molecule has 6 nitrogen and oxygen atoms in total. The highest BCUT2D eigenvalue weighted by atomic mass is 32.2. The SMILES string of the molecule is C=N/N=C(\OCC(F)F)c1ccc(CN(c2ccccc2)S(=O)CCN2CC[C@@H](C)C2)cc1. The van der Waals surface area contributed by atoms with Crippen LogP contribution in [0, 0.1) is 5.92 Å². The second-order valence-corrected chi connectivity index (χ2v) is 9.53. The molecule has 1 fully saturated rings. The normalized spacial score (nSPS) is 17.8. The Labute approximate surface area is 196 Å². The van der Waals surface area contributed by atoms with Crippen molar-refractivity contribution >= 4 is 29.3 Å². The van der Waals surface area contributed by atoms with Crippen molar-refractivity contribution < 1.29 is 17.7 Å². The summed E-state index contributed by atoms with van der Waals surface area (Å²) in [4.78, 5) is 2.37. The summed E-state index contributed by atoms with van der Waals surface area (Å²) >= 11 is 0. The van der Waals surface area contributed by atoms with Crippen molar-refractivity contribution in [1.29, 1.82) is 0 Å². The average molecular weight is 477 g/mol. The first kappa shape index (κ1) is 25.0. The zero-order valence-electron chi connectivity index (χ0n) is 18.8. The number of anilines is 1. The summed E-state index contributed by atoms with van der Waals surface area (Å²) in [5.74, 6) is 1.24. The zero-order chi connectivity index (χ0) is 23.6. The number of likely N-dealkylation sites (tertiary alicyclic amines) is 1. The Kier molecular flexibility index (Phi) is 9.50. The number of alkyl halides is 2. The Morgan fingerprint density at radius 3 is 2.58 bits per heavy atom. The lowest BCUT2D eigenvalue weighted by Crippen LogP contribution is -2.33. The van der Waals surface area contributed by atoms with Gasteiger partial charge in [-0.3, -0.25) is 4.31 Å². The van der Waals surface area contributed by atoms with E-state index in [0.717, 1.165) is 30.9 Å². The Morgan fingerprint density at radius 1 is 1.24 bits per heavy atom. The molecule has 178 valence electrons. The molecule has 1 aliphatic rings. The minimum Gasteiger partial charge on any atom is -0.470 e. The highest BCUT2D eigenvalue weighted by Crippen LogP contribution is 2.21. The van der Waals surface area contributed by atoms with E-state index in [1.165, 1.54) is 6.42 Å². The maximum atomic E-state index is 13.3. The van der Waals surface area contributed by atoms with Crippen molar-refractivity contribution in [2.75, 3.05) is 36.3 Å². The Balaban J connectivity index is 1.71. The first-order valence-corrected chi connectivity index (χ1v) is 12.2. The summed E-state index contributed by atoms with van der Waals surface area (Å²) in [6, 6.07) is 16.8. The molecule has 0 aromatic heterocycles. The van der Waals surface area contributed by atoms with E-state index in [-0.39, 0.29) is 5.90 Å². The maximum Gasteiger partial charge on any atom is 0.272 e. The van der Waals surface area contributed by atoms with Gasteiger partial charge in [0.2, 0.25) is 5.90 Å². The number of para-hydroxylation sites is 1. The number of benzene rings is 2. The van der Waals surface area contributed by atoms with Crippen LogP contribution >= 0.6 is 0 Å². The van der Waals surface area contributed by atoms with E-state index in [1.54, 1.807) is 12.1 Å². The number of ether oxygens (including phenoxy) is 1. The minimum atomic E-state index is -2.61. The third-order valence-electron chi connectivity index (χ3n) is 5.41. The molecule has 2 atom stereocenters. The highest BCUT2D eigenvalue weighted by Gasteiger charge is 2.21. The molecular formula is C24H30F2N4O2S. The molecule has 3 rings (SSSR count). The first-order chi connectivity index (χ1) is 16.0. The van der Waals surface area contributed by atoms with E-state index >= 15 is 0 Å². The molecular weight excluding hydrogens is 446 g/mol. The Hall–Kier alpha value is -2.65. The third kappa shape index (κ3) is 7.71. The van der Waals surface area contributed by atoms with E-state index in [1.807, 2.05) is 46.8 Å². The van der Waals surface area contributed by atoms with Crippen molar-refractivity contribution in [2.45, 2.75) is 26.3 Å². The number of hydrogen-bond acceptors (Lipinski definition) is 5. The van der Waals surface area contributed by atoms with Gasteiger partial charge in [-0.1, -0.05) is 37.3 Å². The lowest BCUT2D eigenvalue weighted by Gasteiger charge is -2.25. The van der Waals surface area contributed by atoms with Gasteiger partial charge in [0.25, 0.3) is 6.43 Å². The molecule has 1 unspecified atom stereocenters. The third-order valence-corrected chi connectivity index (χ3v) is 6.78. The van der Waals surface area contributed by atoms with Gasteiger partial charge in [0.1, 0.15) is 11.0 Å². The van der Waals surface area contributed by atoms with Crippen molar-refractivity contribution in [3.63, 3.8) is 0 Å². The lowest BCUT2D eigenvalue weighted by molar-refractivity contribution is 0.0765. The fourth-order valence-electron chi connectivity index (χ4n) is 3.72. The number of nitrogens with zero attached hydrogens (tertiary/aromatic N) is 4. The Morgan fingerprint density at radius 2 is 1.97 bits per heavy atom. The van der Waals surface area contributed by atoms with Crippen LogP contribution in [0.1, 0.15) is 24.5 Å². The Bertz CT molecular complexity index is 941. The predicted molar refractivity (Wildman–Crippen MR) is 130 cm³/mol. The van der Waals surface area contributed by atoms with Crippen molar-refractivity contribution in [3.8, 4) is 0 Å². The number of rotatable bonds is 11. The molecule has 0 radical (unpaired) electrons. The van der Waals surface area contributed by atoms with Crippen LogP contribution in [0.15, 0.2) is 64.8 Å².